The van der Waals surface area contributed by atoms with Crippen LogP contribution in [0.4, 0.5) is 0 Å². The molecule has 2 atom stereocenters. The molecule has 1 fully saturated rings. The highest BCUT2D eigenvalue weighted by molar-refractivity contribution is 5.97. The van der Waals surface area contributed by atoms with Crippen molar-refractivity contribution in [2.45, 2.75) is 51.1 Å². The first-order valence-electron chi connectivity index (χ1n) is 9.33. The van der Waals surface area contributed by atoms with Crippen LogP contribution in [0, 0.1) is 11.3 Å². The van der Waals surface area contributed by atoms with Crippen molar-refractivity contribution in [1.82, 2.24) is 15.5 Å². The predicted octanol–water partition coefficient (Wildman–Crippen LogP) is 1.61. The quantitative estimate of drug-likeness (QED) is 0.679. The Labute approximate surface area is 159 Å². The van der Waals surface area contributed by atoms with E-state index in [0.29, 0.717) is 44.3 Å². The van der Waals surface area contributed by atoms with Crippen LogP contribution >= 0.6 is 0 Å². The molecule has 1 saturated heterocycles. The number of nitrogens with zero attached hydrogens (tertiary/aromatic N) is 2. The molecule has 7 nitrogen and oxygen atoms in total. The minimum absolute atomic E-state index is 0.0889. The van der Waals surface area contributed by atoms with E-state index in [2.05, 4.69) is 16.7 Å². The lowest BCUT2D eigenvalue weighted by atomic mass is 10.1. The molecule has 0 saturated carbocycles. The van der Waals surface area contributed by atoms with E-state index in [1.807, 2.05) is 6.07 Å². The summed E-state index contributed by atoms with van der Waals surface area (Å²) in [5, 5.41) is 14.8. The molecule has 7 heteroatoms. The Balaban J connectivity index is 2.01. The van der Waals surface area contributed by atoms with E-state index < -0.39 is 12.1 Å². The maximum atomic E-state index is 12.9. The van der Waals surface area contributed by atoms with Crippen molar-refractivity contribution < 1.29 is 14.4 Å². The van der Waals surface area contributed by atoms with Crippen LogP contribution in [0.25, 0.3) is 0 Å². The van der Waals surface area contributed by atoms with Crippen LogP contribution in [0.5, 0.6) is 0 Å². The molecular weight excluding hydrogens is 344 g/mol. The highest BCUT2D eigenvalue weighted by atomic mass is 16.2. The Kier molecular flexibility index (Phi) is 7.80. The number of hydrogen-bond acceptors (Lipinski definition) is 4. The summed E-state index contributed by atoms with van der Waals surface area (Å²) >= 11 is 0. The Morgan fingerprint density at radius 3 is 2.67 bits per heavy atom. The third-order valence-electron chi connectivity index (χ3n) is 4.62. The molecule has 0 aliphatic carbocycles. The monoisotopic (exact) mass is 370 g/mol. The molecule has 1 aromatic rings. The topological polar surface area (TPSA) is 102 Å². The van der Waals surface area contributed by atoms with E-state index in [1.54, 1.807) is 29.2 Å². The minimum Gasteiger partial charge on any atom is -0.356 e. The molecule has 0 aromatic heterocycles. The fourth-order valence-electron chi connectivity index (χ4n) is 3.19. The Bertz CT molecular complexity index is 699. The van der Waals surface area contributed by atoms with Crippen LogP contribution in [-0.2, 0) is 9.59 Å². The number of nitriles is 1. The first kappa shape index (κ1) is 20.4. The van der Waals surface area contributed by atoms with Crippen LogP contribution < -0.4 is 10.6 Å². The number of carbonyl (C=O) groups excluding carboxylic acids is 3. The second-order valence-electron chi connectivity index (χ2n) is 6.69. The van der Waals surface area contributed by atoms with Gasteiger partial charge in [0.25, 0.3) is 5.91 Å². The van der Waals surface area contributed by atoms with E-state index in [9.17, 15) is 19.6 Å². The molecule has 1 heterocycles. The van der Waals surface area contributed by atoms with Gasteiger partial charge in [0.05, 0.1) is 6.07 Å². The summed E-state index contributed by atoms with van der Waals surface area (Å²) in [6.07, 6.45) is 3.32. The van der Waals surface area contributed by atoms with Crippen molar-refractivity contribution in [2.24, 2.45) is 0 Å². The molecule has 1 aliphatic heterocycles. The van der Waals surface area contributed by atoms with Gasteiger partial charge in [0, 0.05) is 25.6 Å². The van der Waals surface area contributed by atoms with E-state index in [-0.39, 0.29) is 17.7 Å². The van der Waals surface area contributed by atoms with Gasteiger partial charge < -0.3 is 15.5 Å². The maximum absolute atomic E-state index is 12.9. The highest BCUT2D eigenvalue weighted by Crippen LogP contribution is 2.19. The number of benzene rings is 1. The molecule has 0 radical (unpaired) electrons. The zero-order valence-corrected chi connectivity index (χ0v) is 15.6. The van der Waals surface area contributed by atoms with Crippen molar-refractivity contribution in [2.75, 3.05) is 13.1 Å². The fraction of sp³-hybridized carbons (Fsp3) is 0.500. The fourth-order valence-corrected chi connectivity index (χ4v) is 3.19. The van der Waals surface area contributed by atoms with Crippen molar-refractivity contribution in [3.05, 3.63) is 35.9 Å². The summed E-state index contributed by atoms with van der Waals surface area (Å²) in [5.41, 5.74) is 0.492. The lowest BCUT2D eigenvalue weighted by Crippen LogP contribution is -2.49. The lowest BCUT2D eigenvalue weighted by molar-refractivity contribution is -0.133. The zero-order chi connectivity index (χ0) is 19.6. The van der Waals surface area contributed by atoms with Gasteiger partial charge >= 0.3 is 0 Å². The molecule has 0 spiro atoms. The first-order chi connectivity index (χ1) is 13.0. The largest absolute Gasteiger partial charge is 0.356 e. The third kappa shape index (κ3) is 6.10. The molecule has 1 aliphatic rings. The smallest absolute Gasteiger partial charge is 0.251 e. The number of carbonyl (C=O) groups is 3. The van der Waals surface area contributed by atoms with Crippen LogP contribution in [0.3, 0.4) is 0 Å². The summed E-state index contributed by atoms with van der Waals surface area (Å²) in [5.74, 6) is -0.597. The van der Waals surface area contributed by atoms with Gasteiger partial charge in [0.2, 0.25) is 11.8 Å². The first-order valence-corrected chi connectivity index (χ1v) is 9.33. The third-order valence-corrected chi connectivity index (χ3v) is 4.62. The summed E-state index contributed by atoms with van der Waals surface area (Å²) in [6.45, 7) is 2.54. The normalized spacial score (nSPS) is 17.0. The number of rotatable bonds is 8. The minimum atomic E-state index is -0.677. The summed E-state index contributed by atoms with van der Waals surface area (Å²) in [7, 11) is 0. The van der Waals surface area contributed by atoms with Gasteiger partial charge in [0.1, 0.15) is 12.1 Å². The summed E-state index contributed by atoms with van der Waals surface area (Å²) < 4.78 is 0. The average Bonchev–Trinajstić information content (AvgIpc) is 3.15. The zero-order valence-electron chi connectivity index (χ0n) is 15.6. The Morgan fingerprint density at radius 1 is 1.26 bits per heavy atom. The molecule has 2 rings (SSSR count). The number of unbranched alkanes of at least 4 members (excludes halogenated alkanes) is 1. The van der Waals surface area contributed by atoms with Crippen LogP contribution in [0.15, 0.2) is 30.3 Å². The van der Waals surface area contributed by atoms with Crippen molar-refractivity contribution >= 4 is 17.7 Å². The average molecular weight is 370 g/mol. The standard InChI is InChI=1S/C20H26N4O3/c1-15(25)22-12-6-5-11-18(20(27)24-13-7-10-17(24)14-21)23-19(26)16-8-3-2-4-9-16/h2-4,8-9,17-18H,5-7,10-13H2,1H3,(H,22,25)(H,23,26). The highest BCUT2D eigenvalue weighted by Gasteiger charge is 2.33. The van der Waals surface area contributed by atoms with Crippen molar-refractivity contribution in [1.29, 1.82) is 5.26 Å². The van der Waals surface area contributed by atoms with Gasteiger partial charge in [-0.15, -0.1) is 0 Å². The predicted molar refractivity (Wildman–Crippen MR) is 101 cm³/mol. The molecule has 2 unspecified atom stereocenters. The maximum Gasteiger partial charge on any atom is 0.251 e. The lowest BCUT2D eigenvalue weighted by Gasteiger charge is -2.26. The number of amides is 3. The molecule has 144 valence electrons. The molecule has 27 heavy (non-hydrogen) atoms. The Morgan fingerprint density at radius 2 is 2.00 bits per heavy atom. The second-order valence-corrected chi connectivity index (χ2v) is 6.69. The molecule has 1 aromatic carbocycles. The van der Waals surface area contributed by atoms with E-state index in [1.165, 1.54) is 6.92 Å². The number of hydrogen-bond donors (Lipinski definition) is 2. The van der Waals surface area contributed by atoms with Gasteiger partial charge in [-0.25, -0.2) is 0 Å². The van der Waals surface area contributed by atoms with Crippen LogP contribution in [-0.4, -0.2) is 47.8 Å². The Hall–Kier alpha value is -2.88. The molecular formula is C20H26N4O3. The molecule has 3 amide bonds. The number of nitrogens with one attached hydrogen (secondary N) is 2. The summed E-state index contributed by atoms with van der Waals surface area (Å²) in [4.78, 5) is 38.0. The van der Waals surface area contributed by atoms with E-state index >= 15 is 0 Å². The van der Waals surface area contributed by atoms with E-state index in [4.69, 9.17) is 0 Å². The van der Waals surface area contributed by atoms with Gasteiger partial charge in [0.15, 0.2) is 0 Å². The van der Waals surface area contributed by atoms with Crippen LogP contribution in [0.2, 0.25) is 0 Å². The van der Waals surface area contributed by atoms with Crippen LogP contribution in [0.1, 0.15) is 49.4 Å². The summed E-state index contributed by atoms with van der Waals surface area (Å²) in [6, 6.07) is 9.82. The number of likely N-dealkylation sites (tertiary alicyclic amines) is 1. The second kappa shape index (κ2) is 10.3. The molecule has 0 bridgehead atoms. The SMILES string of the molecule is CC(=O)NCCCCC(NC(=O)c1ccccc1)C(=O)N1CCCC1C#N. The van der Waals surface area contributed by atoms with Gasteiger partial charge in [-0.05, 0) is 44.2 Å². The van der Waals surface area contributed by atoms with E-state index in [0.717, 1.165) is 6.42 Å². The molecule has 2 N–H and O–H groups in total. The van der Waals surface area contributed by atoms with Crippen molar-refractivity contribution in [3.63, 3.8) is 0 Å². The van der Waals surface area contributed by atoms with Crippen molar-refractivity contribution in [3.8, 4) is 6.07 Å². The van der Waals surface area contributed by atoms with Gasteiger partial charge in [-0.2, -0.15) is 5.26 Å². The van der Waals surface area contributed by atoms with Gasteiger partial charge in [-0.3, -0.25) is 14.4 Å². The van der Waals surface area contributed by atoms with Gasteiger partial charge in [-0.1, -0.05) is 18.2 Å².